The van der Waals surface area contributed by atoms with E-state index in [0.29, 0.717) is 5.92 Å². The molecular formula is C119H120Ir5N5O10-5. The van der Waals surface area contributed by atoms with Crippen LogP contribution in [0, 0.1) is 84.7 Å². The molecule has 5 radical (unpaired) electrons. The SMILES string of the molecule is CC(=O)C=C(C)O.CC(=O)C=C(C)O.CC(=O)C=C(C)O.CC(=O)C=C(C)O.CC(=O)C=C(C)O.Cc1[c-]c(-c2ccc3c(CC(C)C)cccc3n2)cc(C)c1.Cc1cc[c-]c(-c2cc(-c3ccccc3)ccn2)c1.Cc1ccc(-c2ccnc(-c3[c-]cccc3)c2)c(C)c1.Cc1ccc(-c2ccnc(-c3[c-]cccc3)c2)cc1.Cc1cccc(-c2ccnc(-c3[c-]cccc3)c2)c1.[Ir].[Ir].[Ir].[Ir].[Ir]. The average molecular weight is 2740 g/mol. The monoisotopic (exact) mass is 2740 g/mol. The van der Waals surface area contributed by atoms with Crippen molar-refractivity contribution >= 4 is 39.8 Å². The number of hydrogen-bond donors (Lipinski definition) is 5. The van der Waals surface area contributed by atoms with Gasteiger partial charge in [0.15, 0.2) is 28.9 Å². The maximum absolute atomic E-state index is 10.0. The van der Waals surface area contributed by atoms with Gasteiger partial charge in [-0.05, 0) is 224 Å². The van der Waals surface area contributed by atoms with Crippen LogP contribution in [0.3, 0.4) is 0 Å². The van der Waals surface area contributed by atoms with Crippen molar-refractivity contribution in [2.24, 2.45) is 5.92 Å². The van der Waals surface area contributed by atoms with Crippen molar-refractivity contribution in [1.29, 1.82) is 0 Å². The predicted octanol–water partition coefficient (Wildman–Crippen LogP) is 29.1. The predicted molar refractivity (Wildman–Crippen MR) is 549 cm³/mol. The van der Waals surface area contributed by atoms with Crippen molar-refractivity contribution in [1.82, 2.24) is 24.9 Å². The first-order chi connectivity index (χ1) is 63.9. The number of aliphatic hydroxyl groups excluding tert-OH is 5. The van der Waals surface area contributed by atoms with Gasteiger partial charge in [-0.25, -0.2) is 0 Å². The zero-order valence-corrected chi connectivity index (χ0v) is 93.7. The molecule has 0 bridgehead atoms. The third-order valence-electron chi connectivity index (χ3n) is 18.7. The molecule has 5 heterocycles. The maximum Gasteiger partial charge on any atom is 0.155 e. The molecular weight excluding hydrogens is 2620 g/mol. The van der Waals surface area contributed by atoms with Gasteiger partial charge < -0.3 is 45.5 Å². The summed E-state index contributed by atoms with van der Waals surface area (Å²) in [6, 6.07) is 112. The molecule has 0 unspecified atom stereocenters. The van der Waals surface area contributed by atoms with E-state index >= 15 is 0 Å². The molecule has 139 heavy (non-hydrogen) atoms. The molecule has 15 nitrogen and oxygen atoms in total. The van der Waals surface area contributed by atoms with Crippen LogP contribution in [0.2, 0.25) is 0 Å². The van der Waals surface area contributed by atoms with Gasteiger partial charge in [0, 0.05) is 161 Å². The van der Waals surface area contributed by atoms with E-state index in [0.717, 1.165) is 73.8 Å². The van der Waals surface area contributed by atoms with Crippen LogP contribution in [0.15, 0.2) is 363 Å². The van der Waals surface area contributed by atoms with Gasteiger partial charge >= 0.3 is 0 Å². The number of aryl methyl sites for hydroxylation is 7. The van der Waals surface area contributed by atoms with Gasteiger partial charge in [0.05, 0.1) is 34.3 Å². The van der Waals surface area contributed by atoms with Crippen LogP contribution < -0.4 is 0 Å². The minimum atomic E-state index is -0.125. The summed E-state index contributed by atoms with van der Waals surface area (Å²) in [5.41, 5.74) is 30.9. The second-order valence-corrected chi connectivity index (χ2v) is 32.3. The van der Waals surface area contributed by atoms with Gasteiger partial charge in [0.25, 0.3) is 0 Å². The van der Waals surface area contributed by atoms with Crippen molar-refractivity contribution < 1.29 is 150 Å². The first-order valence-electron chi connectivity index (χ1n) is 43.7. The van der Waals surface area contributed by atoms with Crippen molar-refractivity contribution in [2.75, 3.05) is 0 Å². The van der Waals surface area contributed by atoms with E-state index in [2.05, 4.69) is 270 Å². The minimum absolute atomic E-state index is 0. The average Bonchev–Trinajstić information content (AvgIpc) is 0.805. The van der Waals surface area contributed by atoms with Gasteiger partial charge in [-0.2, -0.15) is 0 Å². The molecule has 0 atom stereocenters. The van der Waals surface area contributed by atoms with Crippen LogP contribution in [-0.2, 0) is 131 Å². The fourth-order valence-corrected chi connectivity index (χ4v) is 13.2. The summed E-state index contributed by atoms with van der Waals surface area (Å²) in [6.07, 6.45) is 14.4. The zero-order valence-electron chi connectivity index (χ0n) is 81.7. The number of pyridine rings is 5. The number of carbonyl (C=O) groups excluding carboxylic acids is 5. The molecule has 0 aliphatic heterocycles. The first kappa shape index (κ1) is 125. The van der Waals surface area contributed by atoms with Crippen LogP contribution >= 0.6 is 0 Å². The Morgan fingerprint density at radius 1 is 0.295 bits per heavy atom. The van der Waals surface area contributed by atoms with Gasteiger partial charge in [-0.1, -0.05) is 197 Å². The number of hydrogen-bond acceptors (Lipinski definition) is 15. The first-order valence-corrected chi connectivity index (χ1v) is 43.7. The van der Waals surface area contributed by atoms with Crippen LogP contribution in [-0.4, -0.2) is 79.4 Å². The Bertz CT molecular complexity index is 6180. The van der Waals surface area contributed by atoms with Crippen molar-refractivity contribution in [3.05, 3.63) is 438 Å². The molecule has 5 aromatic heterocycles. The molecule has 15 aromatic rings. The van der Waals surface area contributed by atoms with E-state index in [4.69, 9.17) is 30.5 Å². The summed E-state index contributed by atoms with van der Waals surface area (Å²) < 4.78 is 0. The van der Waals surface area contributed by atoms with Gasteiger partial charge in [-0.15, -0.1) is 178 Å². The Morgan fingerprint density at radius 2 is 0.655 bits per heavy atom. The second kappa shape index (κ2) is 66.9. The number of aromatic nitrogens is 5. The zero-order chi connectivity index (χ0) is 98.2. The Morgan fingerprint density at radius 3 is 1.04 bits per heavy atom. The summed E-state index contributed by atoms with van der Waals surface area (Å²) in [7, 11) is 0. The minimum Gasteiger partial charge on any atom is -0.512 e. The normalized spacial score (nSPS) is 10.4. The third-order valence-corrected chi connectivity index (χ3v) is 18.7. The van der Waals surface area contributed by atoms with E-state index in [1.54, 1.807) is 0 Å². The Balaban J connectivity index is 0.000000794. The molecule has 0 aliphatic rings. The smallest absolute Gasteiger partial charge is 0.155 e. The molecule has 0 fully saturated rings. The Labute approximate surface area is 889 Å². The molecule has 0 spiro atoms. The molecule has 731 valence electrons. The van der Waals surface area contributed by atoms with E-state index in [-0.39, 0.29) is 158 Å². The largest absolute Gasteiger partial charge is 0.512 e. The Kier molecular flexibility index (Phi) is 59.9. The van der Waals surface area contributed by atoms with Crippen LogP contribution in [0.1, 0.15) is 128 Å². The Hall–Kier alpha value is -12.5. The maximum atomic E-state index is 10.0. The summed E-state index contributed by atoms with van der Waals surface area (Å²) in [6.45, 7) is 33.5. The van der Waals surface area contributed by atoms with Crippen molar-refractivity contribution in [3.63, 3.8) is 0 Å². The van der Waals surface area contributed by atoms with Crippen molar-refractivity contribution in [2.45, 2.75) is 138 Å². The van der Waals surface area contributed by atoms with E-state index in [9.17, 15) is 24.0 Å². The molecule has 5 N–H and O–H groups in total. The van der Waals surface area contributed by atoms with Gasteiger partial charge in [-0.3, -0.25) is 29.0 Å². The van der Waals surface area contributed by atoms with Crippen molar-refractivity contribution in [3.8, 4) is 101 Å². The fourth-order valence-electron chi connectivity index (χ4n) is 13.2. The second-order valence-electron chi connectivity index (χ2n) is 32.3. The standard InChI is InChI=1S/C21H22N.C19H16N.3C18H14N.5C5H8O2.5Ir/c1-14(2)10-17-6-5-7-21-19(17)8-9-20(22-21)18-12-15(3)11-16(4)13-18;1-14-8-9-18(15(2)12-14)17-10-11-20-19(13-17)16-6-4-3-5-7-16;1-14-6-5-9-17(12-14)18-13-16(10-11-19-18)15-7-3-2-4-8-15;1-14-6-5-9-16(12-14)17-10-11-19-18(13-17)15-7-3-2-4-8-15;1-14-7-9-15(10-8-14)17-11-12-19-18(13-17)16-5-3-2-4-6-16;5*1-4(6)3-5(2)7;;;;;/h5-9,11-12,14H,10H2,1-4H3;3-6,8-13H,1-2H3;2-8,10-13H,1H3;2-7,9-13H,1H3;2-5,7-13H,1H3;5*3,6H,1-2H3;;;;;/q5*-1;;;;;;;;;;. The number of rotatable bonds is 16. The number of nitrogens with zero attached hydrogens (tertiary/aromatic N) is 5. The molecule has 0 amide bonds. The number of ketones is 5. The summed E-state index contributed by atoms with van der Waals surface area (Å²) >= 11 is 0. The van der Waals surface area contributed by atoms with E-state index < -0.39 is 0 Å². The number of fused-ring (bicyclic) bond motifs is 1. The topological polar surface area (TPSA) is 251 Å². The van der Waals surface area contributed by atoms with Crippen LogP contribution in [0.5, 0.6) is 0 Å². The molecule has 0 saturated heterocycles. The molecule has 15 rings (SSSR count). The van der Waals surface area contributed by atoms with E-state index in [1.807, 2.05) is 146 Å². The molecule has 0 saturated carbocycles. The molecule has 10 aromatic carbocycles. The third kappa shape index (κ3) is 49.1. The summed E-state index contributed by atoms with van der Waals surface area (Å²) in [5.74, 6) is 0.338. The van der Waals surface area contributed by atoms with E-state index in [1.165, 1.54) is 188 Å². The number of carbonyl (C=O) groups is 5. The number of allylic oxidation sites excluding steroid dienone is 10. The number of benzene rings is 10. The van der Waals surface area contributed by atoms with Crippen LogP contribution in [0.4, 0.5) is 0 Å². The summed E-state index contributed by atoms with van der Waals surface area (Å²) in [5, 5.41) is 43.1. The summed E-state index contributed by atoms with van der Waals surface area (Å²) in [4.78, 5) is 72.7. The van der Waals surface area contributed by atoms with Crippen LogP contribution in [0.25, 0.3) is 112 Å². The number of aliphatic hydroxyl groups is 5. The fraction of sp³-hybridized carbons (Fsp3) is 0.176. The van der Waals surface area contributed by atoms with Gasteiger partial charge in [0.1, 0.15) is 0 Å². The van der Waals surface area contributed by atoms with Gasteiger partial charge in [0.2, 0.25) is 0 Å². The molecule has 0 aliphatic carbocycles. The quantitative estimate of drug-likeness (QED) is 0.0343. The molecule has 20 heteroatoms.